The van der Waals surface area contributed by atoms with Gasteiger partial charge < -0.3 is 9.64 Å². The summed E-state index contributed by atoms with van der Waals surface area (Å²) < 4.78 is 4.87. The highest BCUT2D eigenvalue weighted by Gasteiger charge is 2.09. The second kappa shape index (κ2) is 6.22. The first-order valence-corrected chi connectivity index (χ1v) is 5.31. The summed E-state index contributed by atoms with van der Waals surface area (Å²) >= 11 is 0. The highest BCUT2D eigenvalue weighted by molar-refractivity contribution is 5.95. The summed E-state index contributed by atoms with van der Waals surface area (Å²) in [6.45, 7) is 3.75. The molecule has 0 aliphatic carbocycles. The number of amides is 1. The summed E-state index contributed by atoms with van der Waals surface area (Å²) in [7, 11) is 1.74. The lowest BCUT2D eigenvalue weighted by Gasteiger charge is -2.16. The molecule has 1 amide bonds. The van der Waals surface area contributed by atoms with Gasteiger partial charge in [-0.25, -0.2) is 4.79 Å². The van der Waals surface area contributed by atoms with E-state index in [4.69, 9.17) is 4.74 Å². The number of hydrogen-bond donors (Lipinski definition) is 0. The van der Waals surface area contributed by atoms with Crippen LogP contribution in [0.3, 0.4) is 0 Å². The van der Waals surface area contributed by atoms with Crippen molar-refractivity contribution in [1.82, 2.24) is 4.90 Å². The zero-order chi connectivity index (χ0) is 11.1. The van der Waals surface area contributed by atoms with E-state index in [1.54, 1.807) is 18.9 Å². The summed E-state index contributed by atoms with van der Waals surface area (Å²) in [5.41, 5.74) is 1.07. The van der Waals surface area contributed by atoms with E-state index >= 15 is 0 Å². The number of carbonyl (C=O) groups is 1. The topological polar surface area (TPSA) is 41.9 Å². The summed E-state index contributed by atoms with van der Waals surface area (Å²) in [6.07, 6.45) is 5.70. The first-order valence-electron chi connectivity index (χ1n) is 5.31. The van der Waals surface area contributed by atoms with E-state index in [2.05, 4.69) is 11.1 Å². The molecule has 0 saturated heterocycles. The van der Waals surface area contributed by atoms with Gasteiger partial charge in [0.05, 0.1) is 6.61 Å². The smallest absolute Gasteiger partial charge is 0.409 e. The van der Waals surface area contributed by atoms with Gasteiger partial charge in [0.25, 0.3) is 0 Å². The molecule has 4 heteroatoms. The van der Waals surface area contributed by atoms with E-state index in [0.29, 0.717) is 13.2 Å². The number of carbonyl (C=O) groups excluding carboxylic acids is 1. The summed E-state index contributed by atoms with van der Waals surface area (Å²) in [5.74, 6) is 0. The van der Waals surface area contributed by atoms with E-state index in [1.807, 2.05) is 6.08 Å². The molecule has 15 heavy (non-hydrogen) atoms. The Bertz CT molecular complexity index is 272. The Balaban J connectivity index is 2.27. The Labute approximate surface area is 90.6 Å². The molecule has 0 spiro atoms. The van der Waals surface area contributed by atoms with Crippen LogP contribution in [0, 0.1) is 0 Å². The van der Waals surface area contributed by atoms with Gasteiger partial charge in [-0.3, -0.25) is 4.99 Å². The lowest BCUT2D eigenvalue weighted by molar-refractivity contribution is 0.117. The molecule has 1 aliphatic heterocycles. The van der Waals surface area contributed by atoms with Crippen molar-refractivity contribution >= 4 is 11.8 Å². The third-order valence-corrected chi connectivity index (χ3v) is 2.20. The van der Waals surface area contributed by atoms with Gasteiger partial charge in [-0.1, -0.05) is 6.08 Å². The molecular weight excluding hydrogens is 192 g/mol. The van der Waals surface area contributed by atoms with Crippen molar-refractivity contribution in [3.63, 3.8) is 0 Å². The molecule has 1 aliphatic rings. The first kappa shape index (κ1) is 11.8. The summed E-state index contributed by atoms with van der Waals surface area (Å²) in [6, 6.07) is 0. The summed E-state index contributed by atoms with van der Waals surface area (Å²) in [5, 5.41) is 0. The van der Waals surface area contributed by atoms with Crippen LogP contribution in [0.15, 0.2) is 17.1 Å². The Hall–Kier alpha value is -1.32. The van der Waals surface area contributed by atoms with Gasteiger partial charge in [-0.2, -0.15) is 0 Å². The number of allylic oxidation sites excluding steroid dienone is 1. The van der Waals surface area contributed by atoms with Crippen LogP contribution in [0.25, 0.3) is 0 Å². The lowest BCUT2D eigenvalue weighted by atomic mass is 10.2. The monoisotopic (exact) mass is 210 g/mol. The average Bonchev–Trinajstić information content (AvgIpc) is 2.27. The van der Waals surface area contributed by atoms with Crippen molar-refractivity contribution in [1.29, 1.82) is 0 Å². The molecule has 0 aromatic rings. The maximum absolute atomic E-state index is 11.3. The molecule has 0 atom stereocenters. The van der Waals surface area contributed by atoms with Crippen molar-refractivity contribution in [2.45, 2.75) is 19.8 Å². The SMILES string of the molecule is CCOC(=O)N(C)CCC1=NCCC=C1. The minimum absolute atomic E-state index is 0.266. The Morgan fingerprint density at radius 2 is 2.47 bits per heavy atom. The van der Waals surface area contributed by atoms with E-state index in [-0.39, 0.29) is 6.09 Å². The second-order valence-electron chi connectivity index (χ2n) is 3.43. The largest absolute Gasteiger partial charge is 0.450 e. The number of dihydropyridines is 1. The van der Waals surface area contributed by atoms with Gasteiger partial charge >= 0.3 is 6.09 Å². The number of ether oxygens (including phenoxy) is 1. The highest BCUT2D eigenvalue weighted by Crippen LogP contribution is 2.01. The standard InChI is InChI=1S/C11H18N2O2/c1-3-15-11(14)13(2)9-7-10-6-4-5-8-12-10/h4,6H,3,5,7-9H2,1-2H3. The molecule has 0 unspecified atom stereocenters. The molecular formula is C11H18N2O2. The lowest BCUT2D eigenvalue weighted by Crippen LogP contribution is -2.29. The normalized spacial score (nSPS) is 14.7. The third kappa shape index (κ3) is 4.14. The van der Waals surface area contributed by atoms with Crippen molar-refractivity contribution in [3.05, 3.63) is 12.2 Å². The molecule has 0 fully saturated rings. The molecule has 0 aromatic carbocycles. The minimum Gasteiger partial charge on any atom is -0.450 e. The van der Waals surface area contributed by atoms with Gasteiger partial charge in [0.15, 0.2) is 0 Å². The molecule has 1 rings (SSSR count). The number of hydrogen-bond acceptors (Lipinski definition) is 3. The average molecular weight is 210 g/mol. The maximum Gasteiger partial charge on any atom is 0.409 e. The molecule has 0 saturated carbocycles. The van der Waals surface area contributed by atoms with E-state index in [1.165, 1.54) is 0 Å². The number of nitrogens with zero attached hydrogens (tertiary/aromatic N) is 2. The van der Waals surface area contributed by atoms with Crippen LogP contribution in [0.5, 0.6) is 0 Å². The van der Waals surface area contributed by atoms with Crippen LogP contribution >= 0.6 is 0 Å². The molecule has 0 aromatic heterocycles. The van der Waals surface area contributed by atoms with Crippen LogP contribution in [-0.2, 0) is 4.74 Å². The van der Waals surface area contributed by atoms with Crippen LogP contribution in [0.2, 0.25) is 0 Å². The maximum atomic E-state index is 11.3. The highest BCUT2D eigenvalue weighted by atomic mass is 16.5. The fraction of sp³-hybridized carbons (Fsp3) is 0.636. The number of aliphatic imine (C=N–C) groups is 1. The Morgan fingerprint density at radius 3 is 3.07 bits per heavy atom. The quantitative estimate of drug-likeness (QED) is 0.710. The zero-order valence-corrected chi connectivity index (χ0v) is 9.40. The molecule has 4 nitrogen and oxygen atoms in total. The number of rotatable bonds is 4. The first-order chi connectivity index (χ1) is 7.24. The Kier molecular flexibility index (Phi) is 4.87. The molecule has 84 valence electrons. The fourth-order valence-electron chi connectivity index (χ4n) is 1.32. The van der Waals surface area contributed by atoms with Crippen LogP contribution in [0.4, 0.5) is 4.79 Å². The summed E-state index contributed by atoms with van der Waals surface area (Å²) in [4.78, 5) is 17.2. The van der Waals surface area contributed by atoms with Crippen LogP contribution in [0.1, 0.15) is 19.8 Å². The zero-order valence-electron chi connectivity index (χ0n) is 9.40. The second-order valence-corrected chi connectivity index (χ2v) is 3.43. The van der Waals surface area contributed by atoms with Gasteiger partial charge in [0.2, 0.25) is 0 Å². The Morgan fingerprint density at radius 1 is 1.67 bits per heavy atom. The van der Waals surface area contributed by atoms with Crippen molar-refractivity contribution < 1.29 is 9.53 Å². The van der Waals surface area contributed by atoms with E-state index in [0.717, 1.165) is 25.1 Å². The van der Waals surface area contributed by atoms with Crippen molar-refractivity contribution in [2.75, 3.05) is 26.7 Å². The molecule has 0 radical (unpaired) electrons. The van der Waals surface area contributed by atoms with Gasteiger partial charge in [0, 0.05) is 32.3 Å². The van der Waals surface area contributed by atoms with Crippen molar-refractivity contribution in [2.24, 2.45) is 4.99 Å². The molecule has 1 heterocycles. The predicted molar refractivity (Wildman–Crippen MR) is 60.3 cm³/mol. The molecule has 0 N–H and O–H groups in total. The van der Waals surface area contributed by atoms with Gasteiger partial charge in [-0.15, -0.1) is 0 Å². The van der Waals surface area contributed by atoms with Crippen LogP contribution < -0.4 is 0 Å². The third-order valence-electron chi connectivity index (χ3n) is 2.20. The van der Waals surface area contributed by atoms with E-state index < -0.39 is 0 Å². The van der Waals surface area contributed by atoms with E-state index in [9.17, 15) is 4.79 Å². The predicted octanol–water partition coefficient (Wildman–Crippen LogP) is 1.87. The van der Waals surface area contributed by atoms with Gasteiger partial charge in [0.1, 0.15) is 0 Å². The minimum atomic E-state index is -0.266. The van der Waals surface area contributed by atoms with Crippen LogP contribution in [-0.4, -0.2) is 43.4 Å². The molecule has 0 bridgehead atoms. The van der Waals surface area contributed by atoms with Gasteiger partial charge in [-0.05, 0) is 19.4 Å². The fourth-order valence-corrected chi connectivity index (χ4v) is 1.32. The van der Waals surface area contributed by atoms with Crippen molar-refractivity contribution in [3.8, 4) is 0 Å².